The van der Waals surface area contributed by atoms with E-state index < -0.39 is 143 Å². The van der Waals surface area contributed by atoms with Crippen molar-refractivity contribution in [2.24, 2.45) is 5.73 Å². The van der Waals surface area contributed by atoms with Crippen molar-refractivity contribution in [3.05, 3.63) is 0 Å². The molecule has 4 aliphatic heterocycles. The van der Waals surface area contributed by atoms with Gasteiger partial charge in [-0.05, 0) is 6.92 Å². The molecule has 0 bridgehead atoms. The smallest absolute Gasteiger partial charge is 0.187 e. The topological polar surface area (TPSA) is 333 Å². The van der Waals surface area contributed by atoms with Crippen LogP contribution in [0.4, 0.5) is 0 Å². The van der Waals surface area contributed by atoms with Gasteiger partial charge in [-0.1, -0.05) is 0 Å². The third kappa shape index (κ3) is 7.05. The molecule has 0 radical (unpaired) electrons. The molecule has 258 valence electrons. The summed E-state index contributed by atoms with van der Waals surface area (Å²) in [6.07, 6.45) is -31.5. The fourth-order valence-corrected chi connectivity index (χ4v) is 5.51. The lowest BCUT2D eigenvalue weighted by molar-refractivity contribution is -0.384. The van der Waals surface area contributed by atoms with Gasteiger partial charge in [0.2, 0.25) is 0 Å². The first-order chi connectivity index (χ1) is 20.7. The molecule has 0 aliphatic carbocycles. The highest BCUT2D eigenvalue weighted by atomic mass is 16.8. The molecule has 4 aliphatic rings. The lowest BCUT2D eigenvalue weighted by Gasteiger charge is -2.49. The van der Waals surface area contributed by atoms with Gasteiger partial charge in [-0.25, -0.2) is 0 Å². The molecule has 0 amide bonds. The minimum Gasteiger partial charge on any atom is -0.394 e. The zero-order valence-corrected chi connectivity index (χ0v) is 23.5. The Morgan fingerprint density at radius 2 is 0.977 bits per heavy atom. The van der Waals surface area contributed by atoms with Crippen molar-refractivity contribution in [2.45, 2.75) is 130 Å². The highest BCUT2D eigenvalue weighted by Crippen LogP contribution is 2.34. The molecule has 44 heavy (non-hydrogen) atoms. The van der Waals surface area contributed by atoms with Crippen LogP contribution in [0.25, 0.3) is 0 Å². The van der Waals surface area contributed by atoms with Gasteiger partial charge in [0.25, 0.3) is 0 Å². The minimum absolute atomic E-state index is 0.763. The van der Waals surface area contributed by atoms with Crippen LogP contribution in [0.15, 0.2) is 0 Å². The number of rotatable bonds is 9. The fourth-order valence-electron chi connectivity index (χ4n) is 5.51. The molecule has 20 nitrogen and oxygen atoms in total. The van der Waals surface area contributed by atoms with Crippen LogP contribution in [0.3, 0.4) is 0 Å². The summed E-state index contributed by atoms with van der Waals surface area (Å²) in [6, 6.07) is -1.53. The number of nitrogens with two attached hydrogens (primary N) is 1. The SMILES string of the molecule is CC1O[C@@H](OC2C(O)[C@@H](O)C(CO)O[C@H]2OC2C(N)[C@H](OC3C(O)[C@H](O)OC(CO)[C@@H]3O)OC(CO)[C@@H]2O)C(O)C(O)[C@H]1O. The van der Waals surface area contributed by atoms with Gasteiger partial charge in [0.1, 0.15) is 85.5 Å². The largest absolute Gasteiger partial charge is 0.394 e. The van der Waals surface area contributed by atoms with Crippen molar-refractivity contribution in [3.63, 3.8) is 0 Å². The van der Waals surface area contributed by atoms with Crippen LogP contribution < -0.4 is 5.73 Å². The van der Waals surface area contributed by atoms with E-state index in [0.29, 0.717) is 0 Å². The average Bonchev–Trinajstić information content (AvgIpc) is 3.00. The molecule has 0 aromatic carbocycles. The van der Waals surface area contributed by atoms with Gasteiger partial charge in [-0.2, -0.15) is 0 Å². The van der Waals surface area contributed by atoms with Crippen LogP contribution in [0.2, 0.25) is 0 Å². The summed E-state index contributed by atoms with van der Waals surface area (Å²) < 4.78 is 38.6. The van der Waals surface area contributed by atoms with Gasteiger partial charge < -0.3 is 100 Å². The summed E-state index contributed by atoms with van der Waals surface area (Å²) in [5.74, 6) is 0. The third-order valence-corrected chi connectivity index (χ3v) is 8.25. The Kier molecular flexibility index (Phi) is 12.3. The fraction of sp³-hybridized carbons (Fsp3) is 1.00. The maximum atomic E-state index is 10.9. The van der Waals surface area contributed by atoms with Crippen LogP contribution in [-0.4, -0.2) is 204 Å². The predicted molar refractivity (Wildman–Crippen MR) is 134 cm³/mol. The van der Waals surface area contributed by atoms with Crippen molar-refractivity contribution >= 4 is 0 Å². The zero-order valence-electron chi connectivity index (χ0n) is 23.5. The van der Waals surface area contributed by atoms with Gasteiger partial charge in [-0.15, -0.1) is 0 Å². The molecular weight excluding hydrogens is 606 g/mol. The second kappa shape index (κ2) is 15.0. The minimum atomic E-state index is -1.89. The normalized spacial score (nSPS) is 53.9. The van der Waals surface area contributed by atoms with Gasteiger partial charge >= 0.3 is 0 Å². The Bertz CT molecular complexity index is 908. The average molecular weight is 650 g/mol. The number of hydrogen-bond acceptors (Lipinski definition) is 20. The van der Waals surface area contributed by atoms with E-state index in [1.54, 1.807) is 0 Å². The molecule has 12 unspecified atom stereocenters. The molecule has 0 spiro atoms. The van der Waals surface area contributed by atoms with E-state index in [9.17, 15) is 61.3 Å². The van der Waals surface area contributed by atoms with Crippen LogP contribution in [0.1, 0.15) is 6.92 Å². The summed E-state index contributed by atoms with van der Waals surface area (Å²) in [4.78, 5) is 0. The maximum absolute atomic E-state index is 10.9. The Hall–Kier alpha value is -0.800. The van der Waals surface area contributed by atoms with Gasteiger partial charge in [0.15, 0.2) is 25.2 Å². The predicted octanol–water partition coefficient (Wildman–Crippen LogP) is -8.75. The highest BCUT2D eigenvalue weighted by Gasteiger charge is 2.55. The molecule has 4 rings (SSSR count). The zero-order chi connectivity index (χ0) is 32.6. The molecule has 4 saturated heterocycles. The lowest BCUT2D eigenvalue weighted by atomic mass is 9.95. The van der Waals surface area contributed by atoms with E-state index in [0.717, 1.165) is 0 Å². The van der Waals surface area contributed by atoms with Crippen molar-refractivity contribution < 1.29 is 94.4 Å². The molecule has 20 atom stereocenters. The van der Waals surface area contributed by atoms with Gasteiger partial charge in [0, 0.05) is 0 Å². The number of hydrogen-bond donors (Lipinski definition) is 13. The van der Waals surface area contributed by atoms with Crippen molar-refractivity contribution in [1.29, 1.82) is 0 Å². The molecule has 0 saturated carbocycles. The third-order valence-electron chi connectivity index (χ3n) is 8.25. The van der Waals surface area contributed by atoms with Crippen molar-refractivity contribution in [1.82, 2.24) is 0 Å². The number of aliphatic hydroxyl groups is 12. The molecule has 4 fully saturated rings. The first-order valence-corrected chi connectivity index (χ1v) is 14.0. The van der Waals surface area contributed by atoms with E-state index in [1.807, 2.05) is 0 Å². The maximum Gasteiger partial charge on any atom is 0.187 e. The van der Waals surface area contributed by atoms with Crippen LogP contribution in [0.5, 0.6) is 0 Å². The molecule has 4 heterocycles. The standard InChI is InChI=1S/C24H43NO19/c1-5-10(29)14(33)16(35)23(38-5)44-20-15(34)11(30)6(2-26)41-24(20)42-18-9(25)22(40-8(4-28)12(18)31)43-19-13(32)7(3-27)39-21(37)17(19)36/h5-24,26-37H,2-4,25H2,1H3/t5?,6?,7?,8?,9?,10-,11-,12-,13-,14?,15?,16?,17?,18?,19?,20?,21+,22-,23-,24-/m0/s1. The van der Waals surface area contributed by atoms with Gasteiger partial charge in [-0.3, -0.25) is 0 Å². The summed E-state index contributed by atoms with van der Waals surface area (Å²) >= 11 is 0. The highest BCUT2D eigenvalue weighted by molar-refractivity contribution is 4.98. The first kappa shape index (κ1) is 36.0. The first-order valence-electron chi connectivity index (χ1n) is 14.0. The van der Waals surface area contributed by atoms with Crippen LogP contribution in [-0.2, 0) is 33.2 Å². The van der Waals surface area contributed by atoms with Crippen LogP contribution in [0, 0.1) is 0 Å². The summed E-state index contributed by atoms with van der Waals surface area (Å²) in [5.41, 5.74) is 6.28. The molecule has 0 aromatic rings. The van der Waals surface area contributed by atoms with E-state index in [4.69, 9.17) is 38.9 Å². The second-order valence-electron chi connectivity index (χ2n) is 11.2. The molecular formula is C24H43NO19. The molecule has 0 aromatic heterocycles. The molecule has 14 N–H and O–H groups in total. The Morgan fingerprint density at radius 3 is 1.59 bits per heavy atom. The number of ether oxygens (including phenoxy) is 7. The van der Waals surface area contributed by atoms with E-state index in [2.05, 4.69) is 0 Å². The summed E-state index contributed by atoms with van der Waals surface area (Å²) in [5, 5.41) is 123. The Labute approximate surface area is 250 Å². The second-order valence-corrected chi connectivity index (χ2v) is 11.2. The lowest BCUT2D eigenvalue weighted by Crippen LogP contribution is -2.69. The quantitative estimate of drug-likeness (QED) is 0.110. The molecule has 20 heteroatoms. The van der Waals surface area contributed by atoms with E-state index in [-0.39, 0.29) is 0 Å². The number of aliphatic hydroxyl groups excluding tert-OH is 12. The van der Waals surface area contributed by atoms with Gasteiger partial charge in [0.05, 0.1) is 32.0 Å². The summed E-state index contributed by atoms with van der Waals surface area (Å²) in [6.45, 7) is -1.05. The van der Waals surface area contributed by atoms with Crippen molar-refractivity contribution in [3.8, 4) is 0 Å². The van der Waals surface area contributed by atoms with E-state index in [1.165, 1.54) is 6.92 Å². The van der Waals surface area contributed by atoms with E-state index >= 15 is 0 Å². The Morgan fingerprint density at radius 1 is 0.477 bits per heavy atom. The van der Waals surface area contributed by atoms with Crippen LogP contribution >= 0.6 is 0 Å². The Balaban J connectivity index is 1.57. The van der Waals surface area contributed by atoms with Crippen molar-refractivity contribution in [2.75, 3.05) is 19.8 Å². The monoisotopic (exact) mass is 649 g/mol. The summed E-state index contributed by atoms with van der Waals surface area (Å²) in [7, 11) is 0.